The molecular formula is C11H20N4OS. The van der Waals surface area contributed by atoms with Crippen molar-refractivity contribution in [2.24, 2.45) is 11.0 Å². The van der Waals surface area contributed by atoms with Crippen molar-refractivity contribution in [3.63, 3.8) is 0 Å². The van der Waals surface area contributed by atoms with Gasteiger partial charge in [0.25, 0.3) is 0 Å². The van der Waals surface area contributed by atoms with Crippen LogP contribution in [0.3, 0.4) is 0 Å². The average Bonchev–Trinajstić information content (AvgIpc) is 2.35. The molecule has 0 spiro atoms. The number of unbranched alkanes of at least 4 members (excludes halogenated alkanes) is 1. The van der Waals surface area contributed by atoms with Crippen molar-refractivity contribution in [1.82, 2.24) is 5.32 Å². The van der Waals surface area contributed by atoms with Crippen molar-refractivity contribution < 1.29 is 4.79 Å². The highest BCUT2D eigenvalue weighted by molar-refractivity contribution is 7.99. The molecule has 0 unspecified atom stereocenters. The molecule has 0 radical (unpaired) electrons. The highest BCUT2D eigenvalue weighted by Crippen LogP contribution is 2.24. The summed E-state index contributed by atoms with van der Waals surface area (Å²) in [6.45, 7) is 1.22. The summed E-state index contributed by atoms with van der Waals surface area (Å²) in [4.78, 5) is 14.3. The van der Waals surface area contributed by atoms with Gasteiger partial charge in [-0.25, -0.2) is 0 Å². The molecule has 0 bridgehead atoms. The monoisotopic (exact) mass is 256 g/mol. The molecule has 1 aliphatic rings. The van der Waals surface area contributed by atoms with Gasteiger partial charge in [-0.2, -0.15) is 11.8 Å². The van der Waals surface area contributed by atoms with E-state index in [-0.39, 0.29) is 5.91 Å². The van der Waals surface area contributed by atoms with Gasteiger partial charge in [0.2, 0.25) is 5.91 Å². The van der Waals surface area contributed by atoms with Crippen LogP contribution < -0.4 is 5.32 Å². The lowest BCUT2D eigenvalue weighted by Crippen LogP contribution is -2.27. The molecule has 0 aromatic rings. The van der Waals surface area contributed by atoms with Gasteiger partial charge in [0, 0.05) is 24.4 Å². The Kier molecular flexibility index (Phi) is 7.67. The summed E-state index contributed by atoms with van der Waals surface area (Å²) in [7, 11) is 0. The number of thioether (sulfide) groups is 1. The third-order valence-electron chi connectivity index (χ3n) is 2.89. The fourth-order valence-electron chi connectivity index (χ4n) is 1.86. The molecule has 6 heteroatoms. The third-order valence-corrected chi connectivity index (χ3v) is 3.93. The Morgan fingerprint density at radius 3 is 2.88 bits per heavy atom. The van der Waals surface area contributed by atoms with Crippen molar-refractivity contribution in [2.75, 3.05) is 24.6 Å². The fourth-order valence-corrected chi connectivity index (χ4v) is 3.07. The summed E-state index contributed by atoms with van der Waals surface area (Å²) in [6.07, 6.45) is 4.75. The Labute approximate surface area is 106 Å². The van der Waals surface area contributed by atoms with Crippen LogP contribution in [0.5, 0.6) is 0 Å². The van der Waals surface area contributed by atoms with E-state index in [1.165, 1.54) is 24.3 Å². The molecule has 0 saturated carbocycles. The first-order valence-corrected chi connectivity index (χ1v) is 7.33. The summed E-state index contributed by atoms with van der Waals surface area (Å²) < 4.78 is 0. The van der Waals surface area contributed by atoms with Crippen LogP contribution in [0.4, 0.5) is 0 Å². The van der Waals surface area contributed by atoms with Gasteiger partial charge in [-0.05, 0) is 48.6 Å². The number of nitrogens with one attached hydrogen (secondary N) is 1. The predicted molar refractivity (Wildman–Crippen MR) is 70.9 cm³/mol. The van der Waals surface area contributed by atoms with Gasteiger partial charge in [-0.15, -0.1) is 0 Å². The summed E-state index contributed by atoms with van der Waals surface area (Å²) in [5, 5.41) is 6.37. The van der Waals surface area contributed by atoms with Crippen molar-refractivity contribution in [3.8, 4) is 0 Å². The molecule has 17 heavy (non-hydrogen) atoms. The number of hydrogen-bond acceptors (Lipinski definition) is 3. The van der Waals surface area contributed by atoms with Gasteiger partial charge < -0.3 is 5.32 Å². The van der Waals surface area contributed by atoms with Crippen LogP contribution in [0.15, 0.2) is 5.11 Å². The number of azide groups is 1. The first-order chi connectivity index (χ1) is 8.33. The van der Waals surface area contributed by atoms with Gasteiger partial charge in [0.15, 0.2) is 0 Å². The number of rotatable bonds is 7. The molecule has 0 atom stereocenters. The highest BCUT2D eigenvalue weighted by atomic mass is 32.2. The maximum absolute atomic E-state index is 11.6. The fraction of sp³-hybridized carbons (Fsp3) is 0.909. The van der Waals surface area contributed by atoms with Crippen molar-refractivity contribution in [2.45, 2.75) is 32.1 Å². The Morgan fingerprint density at radius 1 is 1.41 bits per heavy atom. The van der Waals surface area contributed by atoms with E-state index in [9.17, 15) is 4.79 Å². The van der Waals surface area contributed by atoms with Gasteiger partial charge >= 0.3 is 0 Å². The molecule has 1 rings (SSSR count). The Morgan fingerprint density at radius 2 is 2.18 bits per heavy atom. The summed E-state index contributed by atoms with van der Waals surface area (Å²) in [5.74, 6) is 3.15. The minimum atomic E-state index is 0.172. The zero-order valence-electron chi connectivity index (χ0n) is 10.1. The number of carbonyl (C=O) groups excluding carboxylic acids is 1. The minimum absolute atomic E-state index is 0.172. The summed E-state index contributed by atoms with van der Waals surface area (Å²) in [6, 6.07) is 0. The van der Waals surface area contributed by atoms with Gasteiger partial charge in [0.1, 0.15) is 0 Å². The third kappa shape index (κ3) is 7.13. The van der Waals surface area contributed by atoms with Crippen LogP contribution in [0, 0.1) is 5.92 Å². The molecule has 5 nitrogen and oxygen atoms in total. The highest BCUT2D eigenvalue weighted by Gasteiger charge is 2.16. The largest absolute Gasteiger partial charge is 0.356 e. The van der Waals surface area contributed by atoms with Crippen molar-refractivity contribution in [1.29, 1.82) is 0 Å². The molecule has 0 aromatic carbocycles. The summed E-state index contributed by atoms with van der Waals surface area (Å²) >= 11 is 1.98. The zero-order valence-corrected chi connectivity index (χ0v) is 10.9. The first kappa shape index (κ1) is 14.2. The SMILES string of the molecule is [N-]=[N+]=NCCCCNC(=O)CC1CCSCC1. The van der Waals surface area contributed by atoms with Crippen LogP contribution in [0.1, 0.15) is 32.1 Å². The van der Waals surface area contributed by atoms with Crippen molar-refractivity contribution >= 4 is 17.7 Å². The maximum Gasteiger partial charge on any atom is 0.220 e. The smallest absolute Gasteiger partial charge is 0.220 e. The van der Waals surface area contributed by atoms with Crippen LogP contribution in [-0.2, 0) is 4.79 Å². The second kappa shape index (κ2) is 9.19. The molecule has 96 valence electrons. The predicted octanol–water partition coefficient (Wildman–Crippen LogP) is 2.73. The minimum Gasteiger partial charge on any atom is -0.356 e. The average molecular weight is 256 g/mol. The Balaban J connectivity index is 1.98. The lowest BCUT2D eigenvalue weighted by atomic mass is 9.98. The molecule has 1 heterocycles. The molecular weight excluding hydrogens is 236 g/mol. The number of amides is 1. The second-order valence-corrected chi connectivity index (χ2v) is 5.50. The number of carbonyl (C=O) groups is 1. The van der Waals surface area contributed by atoms with E-state index in [0.717, 1.165) is 12.8 Å². The number of nitrogens with zero attached hydrogens (tertiary/aromatic N) is 3. The van der Waals surface area contributed by atoms with Gasteiger partial charge in [-0.1, -0.05) is 5.11 Å². The Hall–Kier alpha value is -0.870. The van der Waals surface area contributed by atoms with E-state index in [0.29, 0.717) is 25.4 Å². The molecule has 0 aromatic heterocycles. The Bertz CT molecular complexity index is 273. The lowest BCUT2D eigenvalue weighted by molar-refractivity contribution is -0.122. The van der Waals surface area contributed by atoms with E-state index < -0.39 is 0 Å². The quantitative estimate of drug-likeness (QED) is 0.329. The molecule has 1 N–H and O–H groups in total. The van der Waals surface area contributed by atoms with Crippen LogP contribution in [0.25, 0.3) is 10.4 Å². The van der Waals surface area contributed by atoms with E-state index in [1.54, 1.807) is 0 Å². The summed E-state index contributed by atoms with van der Waals surface area (Å²) in [5.41, 5.74) is 8.08. The topological polar surface area (TPSA) is 77.9 Å². The van der Waals surface area contributed by atoms with Gasteiger partial charge in [-0.3, -0.25) is 4.79 Å². The second-order valence-electron chi connectivity index (χ2n) is 4.27. The maximum atomic E-state index is 11.6. The van der Waals surface area contributed by atoms with E-state index >= 15 is 0 Å². The standard InChI is InChI=1S/C11H20N4OS/c12-15-14-6-2-1-5-13-11(16)9-10-3-7-17-8-4-10/h10H,1-9H2,(H,13,16). The normalized spacial score (nSPS) is 16.2. The van der Waals surface area contributed by atoms with E-state index in [1.807, 2.05) is 11.8 Å². The molecule has 1 aliphatic heterocycles. The van der Waals surface area contributed by atoms with E-state index in [4.69, 9.17) is 5.53 Å². The number of hydrogen-bond donors (Lipinski definition) is 1. The molecule has 0 aliphatic carbocycles. The lowest BCUT2D eigenvalue weighted by Gasteiger charge is -2.20. The van der Waals surface area contributed by atoms with Gasteiger partial charge in [0.05, 0.1) is 0 Å². The molecule has 1 saturated heterocycles. The van der Waals surface area contributed by atoms with Crippen LogP contribution >= 0.6 is 11.8 Å². The first-order valence-electron chi connectivity index (χ1n) is 6.18. The van der Waals surface area contributed by atoms with Crippen LogP contribution in [-0.4, -0.2) is 30.5 Å². The molecule has 1 fully saturated rings. The zero-order chi connectivity index (χ0) is 12.3. The van der Waals surface area contributed by atoms with E-state index in [2.05, 4.69) is 15.3 Å². The van der Waals surface area contributed by atoms with Crippen LogP contribution in [0.2, 0.25) is 0 Å². The molecule has 1 amide bonds. The van der Waals surface area contributed by atoms with Crippen molar-refractivity contribution in [3.05, 3.63) is 10.4 Å².